The molecule has 2 atom stereocenters. The van der Waals surface area contributed by atoms with Gasteiger partial charge in [0.2, 0.25) is 0 Å². The highest BCUT2D eigenvalue weighted by Crippen LogP contribution is 2.25. The Kier molecular flexibility index (Phi) is 7.73. The number of amides is 1. The molecule has 4 rings (SSSR count). The summed E-state index contributed by atoms with van der Waals surface area (Å²) in [6.45, 7) is 3.70. The molecule has 0 aliphatic carbocycles. The number of hydrazine groups is 1. The van der Waals surface area contributed by atoms with E-state index in [-0.39, 0.29) is 17.8 Å². The predicted molar refractivity (Wildman–Crippen MR) is 131 cm³/mol. The van der Waals surface area contributed by atoms with Crippen molar-refractivity contribution in [1.82, 2.24) is 15.8 Å². The summed E-state index contributed by atoms with van der Waals surface area (Å²) in [6.07, 6.45) is 6.27. The third kappa shape index (κ3) is 6.18. The number of nitrogens with zero attached hydrogens (tertiary/aromatic N) is 3. The third-order valence-corrected chi connectivity index (χ3v) is 6.54. The molecule has 1 fully saturated rings. The molecule has 0 aromatic heterocycles. The van der Waals surface area contributed by atoms with Gasteiger partial charge in [0.25, 0.3) is 5.91 Å². The molecule has 2 aliphatic heterocycles. The van der Waals surface area contributed by atoms with Crippen molar-refractivity contribution in [3.05, 3.63) is 65.5 Å². The van der Waals surface area contributed by atoms with E-state index >= 15 is 0 Å². The van der Waals surface area contributed by atoms with Crippen LogP contribution in [0.2, 0.25) is 0 Å². The highest BCUT2D eigenvalue weighted by Gasteiger charge is 2.24. The smallest absolute Gasteiger partial charge is 0.253 e. The van der Waals surface area contributed by atoms with Crippen LogP contribution in [0.3, 0.4) is 0 Å². The van der Waals surface area contributed by atoms with E-state index in [1.807, 2.05) is 60.3 Å². The Morgan fingerprint density at radius 1 is 1.09 bits per heavy atom. The summed E-state index contributed by atoms with van der Waals surface area (Å²) in [5.41, 5.74) is 10.7. The van der Waals surface area contributed by atoms with Gasteiger partial charge in [0.05, 0.1) is 5.69 Å². The van der Waals surface area contributed by atoms with Crippen LogP contribution in [0.5, 0.6) is 0 Å². The van der Waals surface area contributed by atoms with Gasteiger partial charge in [0, 0.05) is 49.9 Å². The van der Waals surface area contributed by atoms with Crippen LogP contribution in [0.25, 0.3) is 0 Å². The van der Waals surface area contributed by atoms with E-state index in [1.165, 1.54) is 12.1 Å². The summed E-state index contributed by atoms with van der Waals surface area (Å²) >= 11 is 0. The Bertz CT molecular complexity index is 960. The van der Waals surface area contributed by atoms with Crippen molar-refractivity contribution in [2.24, 2.45) is 5.10 Å². The summed E-state index contributed by atoms with van der Waals surface area (Å²) in [6, 6.07) is 15.1. The molecule has 1 saturated heterocycles. The molecule has 6 nitrogen and oxygen atoms in total. The minimum Gasteiger partial charge on any atom is -0.342 e. The van der Waals surface area contributed by atoms with Crippen molar-refractivity contribution in [3.63, 3.8) is 0 Å². The fraction of sp³-hybridized carbons (Fsp3) is 0.462. The Morgan fingerprint density at radius 2 is 1.85 bits per heavy atom. The molecule has 7 heteroatoms. The minimum absolute atomic E-state index is 0.0615. The molecule has 0 spiro atoms. The molecule has 2 unspecified atom stereocenters. The van der Waals surface area contributed by atoms with Gasteiger partial charge in [-0.25, -0.2) is 4.39 Å². The zero-order valence-corrected chi connectivity index (χ0v) is 19.6. The number of benzene rings is 2. The fourth-order valence-corrected chi connectivity index (χ4v) is 4.50. The standard InChI is InChI=1S/C26H34FN5O/c1-19-15-17-32(30-19)24-13-9-21(10-14-24)26(33)31(2)16-5-3-4-6-23-18-25(29-28-23)20-7-11-22(27)12-8-20/h7-14,23,25,28-29H,3-6,15-18H2,1-2H3. The number of halogens is 1. The number of hydrogen-bond acceptors (Lipinski definition) is 5. The lowest BCUT2D eigenvalue weighted by Gasteiger charge is -2.18. The molecule has 2 heterocycles. The monoisotopic (exact) mass is 451 g/mol. The molecule has 0 saturated carbocycles. The second-order valence-electron chi connectivity index (χ2n) is 9.16. The first-order valence-electron chi connectivity index (χ1n) is 11.9. The van der Waals surface area contributed by atoms with Crippen LogP contribution in [-0.2, 0) is 0 Å². The number of unbranched alkanes of at least 4 members (excludes halogenated alkanes) is 2. The van der Waals surface area contributed by atoms with Crippen molar-refractivity contribution >= 4 is 17.3 Å². The molecular formula is C26H34FN5O. The lowest BCUT2D eigenvalue weighted by Crippen LogP contribution is -2.30. The van der Waals surface area contributed by atoms with Gasteiger partial charge in [-0.3, -0.25) is 20.7 Å². The Hall–Kier alpha value is -2.77. The van der Waals surface area contributed by atoms with E-state index < -0.39 is 0 Å². The van der Waals surface area contributed by atoms with Crippen LogP contribution < -0.4 is 15.9 Å². The number of anilines is 1. The van der Waals surface area contributed by atoms with Crippen LogP contribution >= 0.6 is 0 Å². The van der Waals surface area contributed by atoms with Crippen LogP contribution in [-0.4, -0.2) is 42.7 Å². The van der Waals surface area contributed by atoms with Gasteiger partial charge in [-0.2, -0.15) is 5.10 Å². The second kappa shape index (κ2) is 10.9. The largest absolute Gasteiger partial charge is 0.342 e. The first-order chi connectivity index (χ1) is 16.0. The molecule has 0 bridgehead atoms. The quantitative estimate of drug-likeness (QED) is 0.545. The molecule has 176 valence electrons. The zero-order valence-electron chi connectivity index (χ0n) is 19.6. The summed E-state index contributed by atoms with van der Waals surface area (Å²) in [4.78, 5) is 14.5. The maximum Gasteiger partial charge on any atom is 0.253 e. The van der Waals surface area contributed by atoms with Crippen LogP contribution in [0, 0.1) is 5.82 Å². The summed E-state index contributed by atoms with van der Waals surface area (Å²) in [5, 5.41) is 6.50. The normalized spacial score (nSPS) is 20.2. The Labute approximate surface area is 195 Å². The molecule has 2 aromatic carbocycles. The van der Waals surface area contributed by atoms with Crippen molar-refractivity contribution in [2.75, 3.05) is 25.1 Å². The van der Waals surface area contributed by atoms with Gasteiger partial charge < -0.3 is 4.90 Å². The van der Waals surface area contributed by atoms with Crippen LogP contribution in [0.4, 0.5) is 10.1 Å². The lowest BCUT2D eigenvalue weighted by atomic mass is 9.99. The molecule has 0 radical (unpaired) electrons. The first kappa shape index (κ1) is 23.4. The number of carbonyl (C=O) groups excluding carboxylic acids is 1. The van der Waals surface area contributed by atoms with Gasteiger partial charge >= 0.3 is 0 Å². The van der Waals surface area contributed by atoms with Gasteiger partial charge in [-0.15, -0.1) is 0 Å². The predicted octanol–water partition coefficient (Wildman–Crippen LogP) is 4.65. The van der Waals surface area contributed by atoms with Gasteiger partial charge in [0.1, 0.15) is 5.82 Å². The van der Waals surface area contributed by atoms with Gasteiger partial charge in [-0.05, 0) is 68.1 Å². The Balaban J connectivity index is 1.14. The topological polar surface area (TPSA) is 60.0 Å². The first-order valence-corrected chi connectivity index (χ1v) is 11.9. The molecule has 33 heavy (non-hydrogen) atoms. The number of rotatable bonds is 9. The number of nitrogens with one attached hydrogen (secondary N) is 2. The molecule has 2 aromatic rings. The average molecular weight is 452 g/mol. The summed E-state index contributed by atoms with van der Waals surface area (Å²) in [7, 11) is 1.88. The van der Waals surface area contributed by atoms with Gasteiger partial charge in [0.15, 0.2) is 0 Å². The molecule has 1 amide bonds. The van der Waals surface area contributed by atoms with E-state index in [1.54, 1.807) is 0 Å². The fourth-order valence-electron chi connectivity index (χ4n) is 4.50. The maximum absolute atomic E-state index is 13.1. The van der Waals surface area contributed by atoms with Crippen molar-refractivity contribution in [3.8, 4) is 0 Å². The van der Waals surface area contributed by atoms with Crippen molar-refractivity contribution in [2.45, 2.75) is 57.5 Å². The van der Waals surface area contributed by atoms with Crippen molar-refractivity contribution in [1.29, 1.82) is 0 Å². The highest BCUT2D eigenvalue weighted by molar-refractivity contribution is 5.94. The maximum atomic E-state index is 13.1. The van der Waals surface area contributed by atoms with Gasteiger partial charge in [-0.1, -0.05) is 25.0 Å². The third-order valence-electron chi connectivity index (χ3n) is 6.54. The summed E-state index contributed by atoms with van der Waals surface area (Å²) in [5.74, 6) is -0.139. The SMILES string of the molecule is CC1=NN(c2ccc(C(=O)N(C)CCCCCC3CC(c4ccc(F)cc4)NN3)cc2)CC1. The van der Waals surface area contributed by atoms with Crippen LogP contribution in [0.1, 0.15) is 67.4 Å². The lowest BCUT2D eigenvalue weighted by molar-refractivity contribution is 0.0792. The minimum atomic E-state index is -0.200. The van der Waals surface area contributed by atoms with E-state index in [4.69, 9.17) is 0 Å². The molecular weight excluding hydrogens is 417 g/mol. The number of hydrogen-bond donors (Lipinski definition) is 2. The van der Waals surface area contributed by atoms with E-state index in [9.17, 15) is 9.18 Å². The second-order valence-corrected chi connectivity index (χ2v) is 9.16. The zero-order chi connectivity index (χ0) is 23.2. The van der Waals surface area contributed by atoms with Crippen molar-refractivity contribution < 1.29 is 9.18 Å². The number of carbonyl (C=O) groups is 1. The number of hydrazone groups is 1. The van der Waals surface area contributed by atoms with E-state index in [0.717, 1.165) is 68.6 Å². The van der Waals surface area contributed by atoms with E-state index in [0.29, 0.717) is 11.6 Å². The summed E-state index contributed by atoms with van der Waals surface area (Å²) < 4.78 is 13.1. The molecule has 2 aliphatic rings. The van der Waals surface area contributed by atoms with Crippen LogP contribution in [0.15, 0.2) is 53.6 Å². The highest BCUT2D eigenvalue weighted by atomic mass is 19.1. The average Bonchev–Trinajstić information content (AvgIpc) is 3.48. The van der Waals surface area contributed by atoms with E-state index in [2.05, 4.69) is 16.0 Å². The Morgan fingerprint density at radius 3 is 2.55 bits per heavy atom. The molecule has 2 N–H and O–H groups in total.